The molecule has 5 heteroatoms. The number of nitrogens with zero attached hydrogens (tertiary/aromatic N) is 2. The second-order valence-corrected chi connectivity index (χ2v) is 7.27. The standard InChI is InChI=1S/C10H20N2O2S/c1-9(2)15(13,14)12-7-6-11-5-3-4-10(11)8-12/h9-10H,3-8H2,1-2H3. The van der Waals surface area contributed by atoms with E-state index in [0.717, 1.165) is 19.5 Å². The summed E-state index contributed by atoms with van der Waals surface area (Å²) in [4.78, 5) is 2.42. The molecule has 0 spiro atoms. The molecule has 0 amide bonds. The average Bonchev–Trinajstić information content (AvgIpc) is 2.63. The van der Waals surface area contributed by atoms with Crippen LogP contribution in [0.3, 0.4) is 0 Å². The zero-order valence-corrected chi connectivity index (χ0v) is 10.3. The molecule has 2 fully saturated rings. The molecule has 88 valence electrons. The van der Waals surface area contributed by atoms with E-state index in [0.29, 0.717) is 19.1 Å². The van der Waals surface area contributed by atoms with Gasteiger partial charge in [-0.3, -0.25) is 4.90 Å². The zero-order chi connectivity index (χ0) is 11.1. The number of hydrogen-bond acceptors (Lipinski definition) is 3. The SMILES string of the molecule is CC(C)S(=O)(=O)N1CCN2CCCC2C1. The third-order valence-electron chi connectivity index (χ3n) is 3.51. The molecule has 0 N–H and O–H groups in total. The van der Waals surface area contributed by atoms with Crippen LogP contribution in [0.15, 0.2) is 0 Å². The van der Waals surface area contributed by atoms with E-state index in [1.54, 1.807) is 18.2 Å². The van der Waals surface area contributed by atoms with Gasteiger partial charge in [0.05, 0.1) is 5.25 Å². The average molecular weight is 232 g/mol. The summed E-state index contributed by atoms with van der Waals surface area (Å²) in [5.41, 5.74) is 0. The van der Waals surface area contributed by atoms with Crippen LogP contribution in [0.4, 0.5) is 0 Å². The quantitative estimate of drug-likeness (QED) is 0.696. The summed E-state index contributed by atoms with van der Waals surface area (Å²) < 4.78 is 25.6. The van der Waals surface area contributed by atoms with Gasteiger partial charge < -0.3 is 0 Å². The van der Waals surface area contributed by atoms with Crippen LogP contribution in [0.25, 0.3) is 0 Å². The lowest BCUT2D eigenvalue weighted by Gasteiger charge is -2.37. The fraction of sp³-hybridized carbons (Fsp3) is 1.00. The highest BCUT2D eigenvalue weighted by Gasteiger charge is 2.36. The first kappa shape index (κ1) is 11.4. The van der Waals surface area contributed by atoms with Crippen molar-refractivity contribution < 1.29 is 8.42 Å². The first-order valence-corrected chi connectivity index (χ1v) is 7.25. The van der Waals surface area contributed by atoms with Crippen molar-refractivity contribution in [3.8, 4) is 0 Å². The van der Waals surface area contributed by atoms with E-state index in [1.165, 1.54) is 6.42 Å². The lowest BCUT2D eigenvalue weighted by Crippen LogP contribution is -2.53. The van der Waals surface area contributed by atoms with Gasteiger partial charge in [0.15, 0.2) is 0 Å². The Hall–Kier alpha value is -0.130. The van der Waals surface area contributed by atoms with E-state index in [4.69, 9.17) is 0 Å². The third kappa shape index (κ3) is 2.05. The lowest BCUT2D eigenvalue weighted by atomic mass is 10.2. The van der Waals surface area contributed by atoms with Crippen molar-refractivity contribution in [2.75, 3.05) is 26.2 Å². The van der Waals surface area contributed by atoms with Crippen molar-refractivity contribution in [2.45, 2.75) is 38.0 Å². The number of piperazine rings is 1. The number of rotatable bonds is 2. The summed E-state index contributed by atoms with van der Waals surface area (Å²) in [5, 5.41) is -0.287. The van der Waals surface area contributed by atoms with E-state index in [1.807, 2.05) is 0 Å². The Bertz CT molecular complexity index is 326. The third-order valence-corrected chi connectivity index (χ3v) is 5.75. The number of sulfonamides is 1. The van der Waals surface area contributed by atoms with Gasteiger partial charge in [0.2, 0.25) is 10.0 Å². The smallest absolute Gasteiger partial charge is 0.216 e. The van der Waals surface area contributed by atoms with Gasteiger partial charge in [-0.15, -0.1) is 0 Å². The summed E-state index contributed by atoms with van der Waals surface area (Å²) in [5.74, 6) is 0. The van der Waals surface area contributed by atoms with Crippen LogP contribution in [0.1, 0.15) is 26.7 Å². The Morgan fingerprint density at radius 2 is 1.93 bits per heavy atom. The minimum absolute atomic E-state index is 0.287. The molecule has 0 radical (unpaired) electrons. The summed E-state index contributed by atoms with van der Waals surface area (Å²) in [6, 6.07) is 0.479. The van der Waals surface area contributed by atoms with E-state index in [-0.39, 0.29) is 5.25 Å². The number of hydrogen-bond donors (Lipinski definition) is 0. The Morgan fingerprint density at radius 3 is 2.60 bits per heavy atom. The van der Waals surface area contributed by atoms with Gasteiger partial charge in [-0.2, -0.15) is 4.31 Å². The molecule has 2 aliphatic rings. The normalized spacial score (nSPS) is 29.7. The Morgan fingerprint density at radius 1 is 1.20 bits per heavy atom. The predicted molar refractivity (Wildman–Crippen MR) is 60.2 cm³/mol. The van der Waals surface area contributed by atoms with Crippen LogP contribution < -0.4 is 0 Å². The number of fused-ring (bicyclic) bond motifs is 1. The van der Waals surface area contributed by atoms with Crippen molar-refractivity contribution in [1.29, 1.82) is 0 Å². The minimum atomic E-state index is -3.03. The lowest BCUT2D eigenvalue weighted by molar-refractivity contribution is 0.157. The van der Waals surface area contributed by atoms with Crippen molar-refractivity contribution in [3.63, 3.8) is 0 Å². The highest BCUT2D eigenvalue weighted by molar-refractivity contribution is 7.89. The summed E-state index contributed by atoms with van der Waals surface area (Å²) in [6.45, 7) is 6.97. The van der Waals surface area contributed by atoms with E-state index in [9.17, 15) is 8.42 Å². The van der Waals surface area contributed by atoms with Crippen LogP contribution in [0, 0.1) is 0 Å². The summed E-state index contributed by atoms with van der Waals surface area (Å²) in [6.07, 6.45) is 2.38. The molecule has 0 saturated carbocycles. The molecule has 2 aliphatic heterocycles. The van der Waals surface area contributed by atoms with Gasteiger partial charge in [-0.25, -0.2) is 8.42 Å². The largest absolute Gasteiger partial charge is 0.298 e. The molecule has 0 aliphatic carbocycles. The summed E-state index contributed by atoms with van der Waals surface area (Å²) in [7, 11) is -3.03. The van der Waals surface area contributed by atoms with Gasteiger partial charge in [-0.1, -0.05) is 0 Å². The second kappa shape index (κ2) is 4.03. The maximum Gasteiger partial charge on any atom is 0.216 e. The minimum Gasteiger partial charge on any atom is -0.298 e. The molecule has 2 rings (SSSR count). The highest BCUT2D eigenvalue weighted by atomic mass is 32.2. The highest BCUT2D eigenvalue weighted by Crippen LogP contribution is 2.24. The van der Waals surface area contributed by atoms with Gasteiger partial charge in [0, 0.05) is 25.7 Å². The van der Waals surface area contributed by atoms with Gasteiger partial charge in [0.25, 0.3) is 0 Å². The van der Waals surface area contributed by atoms with Crippen LogP contribution in [-0.2, 0) is 10.0 Å². The van der Waals surface area contributed by atoms with Crippen LogP contribution >= 0.6 is 0 Å². The molecule has 0 aromatic heterocycles. The molecule has 0 aromatic carbocycles. The maximum absolute atomic E-state index is 12.0. The molecule has 1 atom stereocenters. The molecule has 0 bridgehead atoms. The van der Waals surface area contributed by atoms with Crippen LogP contribution in [0.5, 0.6) is 0 Å². The van der Waals surface area contributed by atoms with Crippen LogP contribution in [-0.4, -0.2) is 55.1 Å². The Kier molecular flexibility index (Phi) is 3.05. The predicted octanol–water partition coefficient (Wildman–Crippen LogP) is 0.505. The first-order valence-electron chi connectivity index (χ1n) is 5.75. The van der Waals surface area contributed by atoms with Crippen LogP contribution in [0.2, 0.25) is 0 Å². The molecule has 15 heavy (non-hydrogen) atoms. The molecular formula is C10H20N2O2S. The van der Waals surface area contributed by atoms with Gasteiger partial charge in [-0.05, 0) is 33.2 Å². The van der Waals surface area contributed by atoms with Crippen molar-refractivity contribution >= 4 is 10.0 Å². The Balaban J connectivity index is 2.07. The zero-order valence-electron chi connectivity index (χ0n) is 9.52. The topological polar surface area (TPSA) is 40.6 Å². The molecule has 1 unspecified atom stereocenters. The molecule has 4 nitrogen and oxygen atoms in total. The van der Waals surface area contributed by atoms with Crippen molar-refractivity contribution in [2.24, 2.45) is 0 Å². The second-order valence-electron chi connectivity index (χ2n) is 4.78. The molecular weight excluding hydrogens is 212 g/mol. The molecule has 2 saturated heterocycles. The summed E-state index contributed by atoms with van der Waals surface area (Å²) >= 11 is 0. The monoisotopic (exact) mass is 232 g/mol. The van der Waals surface area contributed by atoms with E-state index < -0.39 is 10.0 Å². The molecule has 0 aromatic rings. The van der Waals surface area contributed by atoms with Crippen molar-refractivity contribution in [3.05, 3.63) is 0 Å². The van der Waals surface area contributed by atoms with Crippen molar-refractivity contribution in [1.82, 2.24) is 9.21 Å². The Labute approximate surface area is 92.3 Å². The van der Waals surface area contributed by atoms with Gasteiger partial charge in [0.1, 0.15) is 0 Å². The first-order chi connectivity index (χ1) is 7.01. The fourth-order valence-corrected chi connectivity index (χ4v) is 3.80. The maximum atomic E-state index is 12.0. The molecule has 2 heterocycles. The van der Waals surface area contributed by atoms with E-state index >= 15 is 0 Å². The fourth-order valence-electron chi connectivity index (χ4n) is 2.49. The van der Waals surface area contributed by atoms with E-state index in [2.05, 4.69) is 4.90 Å². The van der Waals surface area contributed by atoms with Gasteiger partial charge >= 0.3 is 0 Å².